The van der Waals surface area contributed by atoms with E-state index >= 15 is 0 Å². The van der Waals surface area contributed by atoms with Gasteiger partial charge < -0.3 is 14.2 Å². The van der Waals surface area contributed by atoms with Gasteiger partial charge in [0, 0.05) is 32.4 Å². The van der Waals surface area contributed by atoms with Crippen LogP contribution >= 0.6 is 0 Å². The normalized spacial score (nSPS) is 15.4. The van der Waals surface area contributed by atoms with Crippen molar-refractivity contribution < 1.29 is 9.21 Å². The molecule has 0 unspecified atom stereocenters. The molecule has 20 heavy (non-hydrogen) atoms. The summed E-state index contributed by atoms with van der Waals surface area (Å²) in [6, 6.07) is 7.66. The van der Waals surface area contributed by atoms with E-state index in [0.29, 0.717) is 18.8 Å². The smallest absolute Gasteiger partial charge is 0.289 e. The summed E-state index contributed by atoms with van der Waals surface area (Å²) in [4.78, 5) is 20.6. The predicted octanol–water partition coefficient (Wildman–Crippen LogP) is 1.95. The van der Waals surface area contributed by atoms with E-state index < -0.39 is 0 Å². The van der Waals surface area contributed by atoms with Crippen molar-refractivity contribution in [2.45, 2.75) is 6.92 Å². The lowest BCUT2D eigenvalue weighted by Gasteiger charge is -2.34. The molecule has 3 heterocycles. The Morgan fingerprint density at radius 3 is 2.65 bits per heavy atom. The number of amides is 1. The molecular formula is C15H17N3O2. The Kier molecular flexibility index (Phi) is 3.41. The Bertz CT molecular complexity index is 586. The van der Waals surface area contributed by atoms with Crippen LogP contribution in [0.3, 0.4) is 0 Å². The number of furan rings is 1. The van der Waals surface area contributed by atoms with Crippen molar-refractivity contribution in [2.75, 3.05) is 31.1 Å². The minimum Gasteiger partial charge on any atom is -0.459 e. The summed E-state index contributed by atoms with van der Waals surface area (Å²) in [5.41, 5.74) is 0.973. The van der Waals surface area contributed by atoms with Gasteiger partial charge in [0.25, 0.3) is 5.91 Å². The summed E-state index contributed by atoms with van der Waals surface area (Å²) >= 11 is 0. The van der Waals surface area contributed by atoms with Gasteiger partial charge in [-0.25, -0.2) is 4.98 Å². The van der Waals surface area contributed by atoms with Crippen LogP contribution in [0.4, 0.5) is 5.82 Å². The van der Waals surface area contributed by atoms with Crippen LogP contribution < -0.4 is 4.90 Å². The average molecular weight is 271 g/mol. The first-order valence-electron chi connectivity index (χ1n) is 6.74. The largest absolute Gasteiger partial charge is 0.459 e. The first kappa shape index (κ1) is 12.7. The maximum absolute atomic E-state index is 12.3. The summed E-state index contributed by atoms with van der Waals surface area (Å²) in [5.74, 6) is 1.36. The highest BCUT2D eigenvalue weighted by Crippen LogP contribution is 2.15. The van der Waals surface area contributed by atoms with E-state index in [0.717, 1.165) is 24.5 Å². The van der Waals surface area contributed by atoms with Gasteiger partial charge in [-0.1, -0.05) is 6.07 Å². The lowest BCUT2D eigenvalue weighted by Crippen LogP contribution is -2.49. The number of piperazine rings is 1. The zero-order chi connectivity index (χ0) is 13.9. The zero-order valence-corrected chi connectivity index (χ0v) is 11.5. The number of hydrogen-bond donors (Lipinski definition) is 0. The second-order valence-corrected chi connectivity index (χ2v) is 4.96. The van der Waals surface area contributed by atoms with Gasteiger partial charge in [0.2, 0.25) is 0 Å². The van der Waals surface area contributed by atoms with E-state index in [-0.39, 0.29) is 5.91 Å². The van der Waals surface area contributed by atoms with Gasteiger partial charge in [-0.2, -0.15) is 0 Å². The standard InChI is InChI=1S/C15H17N3O2/c1-12-10-13(20-11-12)15(19)18-8-6-17(7-9-18)14-4-2-3-5-16-14/h2-5,10-11H,6-9H2,1H3. The summed E-state index contributed by atoms with van der Waals surface area (Å²) in [7, 11) is 0. The molecule has 0 N–H and O–H groups in total. The summed E-state index contributed by atoms with van der Waals surface area (Å²) in [6.07, 6.45) is 3.40. The van der Waals surface area contributed by atoms with E-state index in [1.54, 1.807) is 18.5 Å². The lowest BCUT2D eigenvalue weighted by atomic mass is 10.2. The monoisotopic (exact) mass is 271 g/mol. The van der Waals surface area contributed by atoms with Crippen molar-refractivity contribution in [1.29, 1.82) is 0 Å². The van der Waals surface area contributed by atoms with Crippen molar-refractivity contribution in [3.8, 4) is 0 Å². The summed E-state index contributed by atoms with van der Waals surface area (Å²) in [5, 5.41) is 0. The summed E-state index contributed by atoms with van der Waals surface area (Å²) < 4.78 is 5.27. The van der Waals surface area contributed by atoms with Gasteiger partial charge in [-0.3, -0.25) is 4.79 Å². The Morgan fingerprint density at radius 1 is 1.25 bits per heavy atom. The quantitative estimate of drug-likeness (QED) is 0.837. The number of rotatable bonds is 2. The molecule has 5 heteroatoms. The molecule has 0 saturated carbocycles. The molecule has 1 amide bonds. The fraction of sp³-hybridized carbons (Fsp3) is 0.333. The zero-order valence-electron chi connectivity index (χ0n) is 11.5. The van der Waals surface area contributed by atoms with Crippen molar-refractivity contribution in [2.24, 2.45) is 0 Å². The maximum atomic E-state index is 12.3. The Labute approximate surface area is 117 Å². The molecule has 1 aliphatic heterocycles. The molecule has 1 fully saturated rings. The third kappa shape index (κ3) is 2.52. The molecule has 0 radical (unpaired) electrons. The molecule has 0 bridgehead atoms. The fourth-order valence-electron chi connectivity index (χ4n) is 2.38. The van der Waals surface area contributed by atoms with Crippen LogP contribution in [-0.2, 0) is 0 Å². The molecule has 0 spiro atoms. The number of pyridine rings is 1. The topological polar surface area (TPSA) is 49.6 Å². The predicted molar refractivity (Wildman–Crippen MR) is 75.8 cm³/mol. The van der Waals surface area contributed by atoms with Gasteiger partial charge in [0.1, 0.15) is 5.82 Å². The van der Waals surface area contributed by atoms with Crippen molar-refractivity contribution in [3.63, 3.8) is 0 Å². The molecule has 1 saturated heterocycles. The Balaban J connectivity index is 1.63. The third-order valence-electron chi connectivity index (χ3n) is 3.48. The number of anilines is 1. The first-order chi connectivity index (χ1) is 9.74. The van der Waals surface area contributed by atoms with E-state index in [4.69, 9.17) is 4.42 Å². The molecule has 2 aromatic heterocycles. The molecule has 0 atom stereocenters. The lowest BCUT2D eigenvalue weighted by molar-refractivity contribution is 0.0714. The van der Waals surface area contributed by atoms with Crippen LogP contribution in [-0.4, -0.2) is 42.0 Å². The van der Waals surface area contributed by atoms with Crippen molar-refractivity contribution >= 4 is 11.7 Å². The number of aryl methyl sites for hydroxylation is 1. The van der Waals surface area contributed by atoms with Gasteiger partial charge in [-0.15, -0.1) is 0 Å². The number of nitrogens with zero attached hydrogens (tertiary/aromatic N) is 3. The van der Waals surface area contributed by atoms with Crippen molar-refractivity contribution in [1.82, 2.24) is 9.88 Å². The second-order valence-electron chi connectivity index (χ2n) is 4.96. The van der Waals surface area contributed by atoms with Crippen LogP contribution in [0.5, 0.6) is 0 Å². The third-order valence-corrected chi connectivity index (χ3v) is 3.48. The van der Waals surface area contributed by atoms with E-state index in [9.17, 15) is 4.79 Å². The SMILES string of the molecule is Cc1coc(C(=O)N2CCN(c3ccccn3)CC2)c1. The highest BCUT2D eigenvalue weighted by atomic mass is 16.3. The number of aromatic nitrogens is 1. The highest BCUT2D eigenvalue weighted by Gasteiger charge is 2.24. The molecule has 0 aliphatic carbocycles. The maximum Gasteiger partial charge on any atom is 0.289 e. The molecule has 104 valence electrons. The van der Waals surface area contributed by atoms with E-state index in [1.807, 2.05) is 30.0 Å². The van der Waals surface area contributed by atoms with Crippen molar-refractivity contribution in [3.05, 3.63) is 48.0 Å². The average Bonchev–Trinajstić information content (AvgIpc) is 2.94. The minimum absolute atomic E-state index is 0.0289. The van der Waals surface area contributed by atoms with Gasteiger partial charge in [-0.05, 0) is 30.7 Å². The molecule has 2 aromatic rings. The number of carbonyl (C=O) groups is 1. The van der Waals surface area contributed by atoms with Crippen LogP contribution in [0.1, 0.15) is 16.1 Å². The van der Waals surface area contributed by atoms with E-state index in [1.165, 1.54) is 0 Å². The number of carbonyl (C=O) groups excluding carboxylic acids is 1. The molecule has 1 aliphatic rings. The van der Waals surface area contributed by atoms with Gasteiger partial charge in [0.15, 0.2) is 5.76 Å². The number of hydrogen-bond acceptors (Lipinski definition) is 4. The molecule has 0 aromatic carbocycles. The highest BCUT2D eigenvalue weighted by molar-refractivity contribution is 5.91. The van der Waals surface area contributed by atoms with Crippen LogP contribution in [0.2, 0.25) is 0 Å². The minimum atomic E-state index is -0.0289. The molecule has 5 nitrogen and oxygen atoms in total. The van der Waals surface area contributed by atoms with Crippen LogP contribution in [0, 0.1) is 6.92 Å². The second kappa shape index (κ2) is 5.36. The molecule has 3 rings (SSSR count). The summed E-state index contributed by atoms with van der Waals surface area (Å²) in [6.45, 7) is 4.88. The molecular weight excluding hydrogens is 254 g/mol. The van der Waals surface area contributed by atoms with Crippen LogP contribution in [0.15, 0.2) is 41.1 Å². The van der Waals surface area contributed by atoms with Gasteiger partial charge in [0.05, 0.1) is 6.26 Å². The Hall–Kier alpha value is -2.30. The Morgan fingerprint density at radius 2 is 2.05 bits per heavy atom. The van der Waals surface area contributed by atoms with Crippen LogP contribution in [0.25, 0.3) is 0 Å². The first-order valence-corrected chi connectivity index (χ1v) is 6.74. The van der Waals surface area contributed by atoms with E-state index in [2.05, 4.69) is 9.88 Å². The van der Waals surface area contributed by atoms with Gasteiger partial charge >= 0.3 is 0 Å². The fourth-order valence-corrected chi connectivity index (χ4v) is 2.38.